The molecule has 2 aromatic heterocycles. The van der Waals surface area contributed by atoms with Gasteiger partial charge in [-0.2, -0.15) is 0 Å². The Bertz CT molecular complexity index is 1660. The minimum atomic E-state index is -3.57. The van der Waals surface area contributed by atoms with Crippen LogP contribution in [0.15, 0.2) is 72.9 Å². The lowest BCUT2D eigenvalue weighted by Gasteiger charge is -2.29. The number of aryl methyl sites for hydroxylation is 1. The van der Waals surface area contributed by atoms with Gasteiger partial charge in [-0.05, 0) is 80.2 Å². The van der Waals surface area contributed by atoms with E-state index in [0.29, 0.717) is 22.2 Å². The van der Waals surface area contributed by atoms with E-state index in [0.717, 1.165) is 28.9 Å². The second kappa shape index (κ2) is 10.3. The van der Waals surface area contributed by atoms with Crippen molar-refractivity contribution in [2.75, 3.05) is 23.0 Å². The van der Waals surface area contributed by atoms with E-state index in [1.54, 1.807) is 36.5 Å². The molecule has 0 radical (unpaired) electrons. The Morgan fingerprint density at radius 3 is 2.49 bits per heavy atom. The van der Waals surface area contributed by atoms with Crippen LogP contribution >= 0.6 is 12.2 Å². The quantitative estimate of drug-likeness (QED) is 0.298. The number of sulfonamides is 1. The molecule has 2 unspecified atom stereocenters. The van der Waals surface area contributed by atoms with Gasteiger partial charge in [-0.15, -0.1) is 0 Å². The summed E-state index contributed by atoms with van der Waals surface area (Å²) in [5, 5.41) is 3.86. The van der Waals surface area contributed by atoms with Crippen LogP contribution in [0.3, 0.4) is 0 Å². The fourth-order valence-corrected chi connectivity index (χ4v) is 6.07. The molecule has 11 heteroatoms. The summed E-state index contributed by atoms with van der Waals surface area (Å²) < 4.78 is 48.8. The lowest BCUT2D eigenvalue weighted by atomic mass is 9.96. The molecule has 5 rings (SSSR count). The number of nitrogens with zero attached hydrogens (tertiary/aromatic N) is 3. The summed E-state index contributed by atoms with van der Waals surface area (Å²) >= 11 is 5.84. The Hall–Kier alpha value is -3.96. The van der Waals surface area contributed by atoms with E-state index in [1.165, 1.54) is 13.2 Å². The molecule has 2 N–H and O–H groups in total. The summed E-state index contributed by atoms with van der Waals surface area (Å²) in [6.07, 6.45) is 2.81. The van der Waals surface area contributed by atoms with Crippen LogP contribution in [0.1, 0.15) is 34.7 Å². The van der Waals surface area contributed by atoms with Gasteiger partial charge in [0.05, 0.1) is 42.5 Å². The molecule has 39 heavy (non-hydrogen) atoms. The van der Waals surface area contributed by atoms with Crippen molar-refractivity contribution in [1.29, 1.82) is 0 Å². The number of methoxy groups -OCH3 is 1. The average molecular weight is 566 g/mol. The normalized spacial score (nSPS) is 17.3. The van der Waals surface area contributed by atoms with Crippen LogP contribution in [0.5, 0.6) is 5.75 Å². The standard InChI is InChI=1S/C28H28FN5O3S2/c1-17-15-20(18(2)33(17)24-11-6-5-9-21(24)29)27-26(22-10-7-8-14-30-22)31-28(38)34(27)19-12-13-25(37-3)23(16-19)32-39(4,35)36/h5-16,26-27,32H,1-4H3,(H,31,38). The lowest BCUT2D eigenvalue weighted by Crippen LogP contribution is -2.29. The van der Waals surface area contributed by atoms with Crippen molar-refractivity contribution in [3.8, 4) is 11.4 Å². The van der Waals surface area contributed by atoms with E-state index in [9.17, 15) is 12.8 Å². The van der Waals surface area contributed by atoms with Gasteiger partial charge < -0.3 is 19.5 Å². The number of nitrogens with one attached hydrogen (secondary N) is 2. The summed E-state index contributed by atoms with van der Waals surface area (Å²) in [5.74, 6) is 0.0495. The number of hydrogen-bond acceptors (Lipinski definition) is 5. The van der Waals surface area contributed by atoms with Crippen LogP contribution in [-0.4, -0.2) is 36.4 Å². The minimum absolute atomic E-state index is 0.289. The van der Waals surface area contributed by atoms with Gasteiger partial charge in [-0.25, -0.2) is 12.8 Å². The summed E-state index contributed by atoms with van der Waals surface area (Å²) in [4.78, 5) is 6.54. The van der Waals surface area contributed by atoms with Gasteiger partial charge in [-0.1, -0.05) is 18.2 Å². The van der Waals surface area contributed by atoms with Gasteiger partial charge in [0.1, 0.15) is 11.6 Å². The first-order valence-corrected chi connectivity index (χ1v) is 14.5. The second-order valence-electron chi connectivity index (χ2n) is 9.37. The number of anilines is 2. The summed E-state index contributed by atoms with van der Waals surface area (Å²) in [5.41, 5.74) is 4.81. The van der Waals surface area contributed by atoms with Crippen molar-refractivity contribution < 1.29 is 17.5 Å². The van der Waals surface area contributed by atoms with E-state index in [-0.39, 0.29) is 23.6 Å². The van der Waals surface area contributed by atoms with E-state index >= 15 is 0 Å². The molecule has 0 aliphatic carbocycles. The van der Waals surface area contributed by atoms with E-state index < -0.39 is 10.0 Å². The Labute approximate surface area is 232 Å². The highest BCUT2D eigenvalue weighted by Crippen LogP contribution is 2.45. The van der Waals surface area contributed by atoms with Gasteiger partial charge in [0.15, 0.2) is 5.11 Å². The number of rotatable bonds is 7. The molecule has 1 fully saturated rings. The number of thiocarbonyl (C=S) groups is 1. The highest BCUT2D eigenvalue weighted by Gasteiger charge is 2.42. The molecule has 0 amide bonds. The van der Waals surface area contributed by atoms with Crippen molar-refractivity contribution in [3.05, 3.63) is 101 Å². The molecule has 2 atom stereocenters. The molecule has 0 saturated carbocycles. The predicted molar refractivity (Wildman–Crippen MR) is 155 cm³/mol. The van der Waals surface area contributed by atoms with E-state index in [4.69, 9.17) is 17.0 Å². The van der Waals surface area contributed by atoms with Crippen LogP contribution in [0, 0.1) is 19.7 Å². The Balaban J connectivity index is 1.69. The third-order valence-corrected chi connectivity index (χ3v) is 7.64. The van der Waals surface area contributed by atoms with Gasteiger partial charge >= 0.3 is 0 Å². The van der Waals surface area contributed by atoms with Crippen molar-refractivity contribution >= 4 is 38.7 Å². The van der Waals surface area contributed by atoms with Gasteiger partial charge in [0.25, 0.3) is 0 Å². The monoisotopic (exact) mass is 565 g/mol. The number of para-hydroxylation sites is 1. The van der Waals surface area contributed by atoms with Crippen molar-refractivity contribution in [2.45, 2.75) is 25.9 Å². The van der Waals surface area contributed by atoms with E-state index in [2.05, 4.69) is 15.0 Å². The number of benzene rings is 2. The zero-order valence-corrected chi connectivity index (χ0v) is 23.5. The Morgan fingerprint density at radius 2 is 1.82 bits per heavy atom. The minimum Gasteiger partial charge on any atom is -0.495 e. The summed E-state index contributed by atoms with van der Waals surface area (Å²) in [7, 11) is -2.10. The Kier molecular flexibility index (Phi) is 7.04. The first-order valence-electron chi connectivity index (χ1n) is 12.2. The maximum absolute atomic E-state index is 14.9. The van der Waals surface area contributed by atoms with Crippen LogP contribution in [0.2, 0.25) is 0 Å². The molecule has 0 spiro atoms. The second-order valence-corrected chi connectivity index (χ2v) is 11.5. The van der Waals surface area contributed by atoms with Crippen LogP contribution < -0.4 is 19.7 Å². The molecule has 3 heterocycles. The SMILES string of the molecule is COc1ccc(N2C(=S)NC(c3ccccn3)C2c2cc(C)n(-c3ccccc3F)c2C)cc1NS(C)(=O)=O. The third kappa shape index (κ3) is 5.07. The smallest absolute Gasteiger partial charge is 0.229 e. The van der Waals surface area contributed by atoms with E-state index in [1.807, 2.05) is 53.6 Å². The molecule has 1 aliphatic heterocycles. The molecule has 4 aromatic rings. The number of pyridine rings is 1. The zero-order chi connectivity index (χ0) is 27.9. The van der Waals surface area contributed by atoms with Gasteiger partial charge in [0, 0.05) is 23.3 Å². The maximum atomic E-state index is 14.9. The average Bonchev–Trinajstić information content (AvgIpc) is 3.39. The molecule has 202 valence electrons. The van der Waals surface area contributed by atoms with Crippen LogP contribution in [-0.2, 0) is 10.0 Å². The number of halogens is 1. The lowest BCUT2D eigenvalue weighted by molar-refractivity contribution is 0.417. The van der Waals surface area contributed by atoms with Crippen molar-refractivity contribution in [3.63, 3.8) is 0 Å². The van der Waals surface area contributed by atoms with Crippen molar-refractivity contribution in [2.24, 2.45) is 0 Å². The highest BCUT2D eigenvalue weighted by molar-refractivity contribution is 7.92. The number of ether oxygens (including phenoxy) is 1. The molecular formula is C28H28FN5O3S2. The zero-order valence-electron chi connectivity index (χ0n) is 21.8. The molecule has 1 saturated heterocycles. The fraction of sp³-hybridized carbons (Fsp3) is 0.214. The highest BCUT2D eigenvalue weighted by atomic mass is 32.2. The molecular weight excluding hydrogens is 537 g/mol. The van der Waals surface area contributed by atoms with Crippen molar-refractivity contribution in [1.82, 2.24) is 14.9 Å². The molecule has 8 nitrogen and oxygen atoms in total. The van der Waals surface area contributed by atoms with Gasteiger partial charge in [0.2, 0.25) is 10.0 Å². The first kappa shape index (κ1) is 26.6. The molecule has 1 aliphatic rings. The number of hydrogen-bond donors (Lipinski definition) is 2. The fourth-order valence-electron chi connectivity index (χ4n) is 5.17. The summed E-state index contributed by atoms with van der Waals surface area (Å²) in [6.45, 7) is 3.89. The Morgan fingerprint density at radius 1 is 1.08 bits per heavy atom. The predicted octanol–water partition coefficient (Wildman–Crippen LogP) is 5.19. The van der Waals surface area contributed by atoms with Crippen LogP contribution in [0.25, 0.3) is 5.69 Å². The summed E-state index contributed by atoms with van der Waals surface area (Å²) in [6, 6.07) is 18.9. The third-order valence-electron chi connectivity index (χ3n) is 6.74. The van der Waals surface area contributed by atoms with Crippen LogP contribution in [0.4, 0.5) is 15.8 Å². The molecule has 0 bridgehead atoms. The maximum Gasteiger partial charge on any atom is 0.229 e. The van der Waals surface area contributed by atoms with Gasteiger partial charge in [-0.3, -0.25) is 9.71 Å². The topological polar surface area (TPSA) is 88.5 Å². The molecule has 2 aromatic carbocycles. The largest absolute Gasteiger partial charge is 0.495 e. The first-order chi connectivity index (χ1) is 18.6. The number of aromatic nitrogens is 2.